The van der Waals surface area contributed by atoms with Crippen LogP contribution in [0.4, 0.5) is 10.5 Å². The Morgan fingerprint density at radius 1 is 1.44 bits per heavy atom. The molecule has 1 aromatic rings. The van der Waals surface area contributed by atoms with E-state index in [0.29, 0.717) is 32.0 Å². The molecule has 1 heterocycles. The summed E-state index contributed by atoms with van der Waals surface area (Å²) in [5.74, 6) is 0.699. The molecule has 86 valence electrons. The average Bonchev–Trinajstić information content (AvgIpc) is 2.73. The molecule has 1 fully saturated rings. The number of nitrogens with zero attached hydrogens (tertiary/aromatic N) is 1. The summed E-state index contributed by atoms with van der Waals surface area (Å²) < 4.78 is 5.50. The Hall–Kier alpha value is -1.75. The molecule has 0 unspecified atom stereocenters. The Labute approximate surface area is 94.2 Å². The largest absolute Gasteiger partial charge is 0.490 e. The number of ether oxygens (including phenoxy) is 1. The second kappa shape index (κ2) is 4.85. The van der Waals surface area contributed by atoms with Crippen LogP contribution in [0.25, 0.3) is 0 Å². The zero-order valence-electron chi connectivity index (χ0n) is 8.98. The topological polar surface area (TPSA) is 67.6 Å². The van der Waals surface area contributed by atoms with E-state index in [0.717, 1.165) is 5.69 Å². The first-order chi connectivity index (χ1) is 7.83. The summed E-state index contributed by atoms with van der Waals surface area (Å²) in [6.45, 7) is 2.25. The number of carbonyl (C=O) groups excluding carboxylic acids is 1. The Bertz CT molecular complexity index is 381. The van der Waals surface area contributed by atoms with Gasteiger partial charge in [-0.2, -0.15) is 0 Å². The minimum Gasteiger partial charge on any atom is -0.490 e. The van der Waals surface area contributed by atoms with Crippen LogP contribution >= 0.6 is 0 Å². The first kappa shape index (κ1) is 10.8. The van der Waals surface area contributed by atoms with Gasteiger partial charge in [0.1, 0.15) is 12.4 Å². The van der Waals surface area contributed by atoms with Crippen LogP contribution in [0.1, 0.15) is 0 Å². The van der Waals surface area contributed by atoms with Crippen molar-refractivity contribution >= 4 is 11.7 Å². The molecule has 5 nitrogen and oxygen atoms in total. The van der Waals surface area contributed by atoms with E-state index < -0.39 is 0 Å². The predicted octanol–water partition coefficient (Wildman–Crippen LogP) is 0.554. The molecule has 5 heteroatoms. The standard InChI is InChI=1S/C11H15N3O2/c12-5-8-16-10-4-2-1-3-9(10)14-7-6-13-11(14)15/h1-4H,5-8,12H2,(H,13,15). The van der Waals surface area contributed by atoms with E-state index in [4.69, 9.17) is 10.5 Å². The lowest BCUT2D eigenvalue weighted by Crippen LogP contribution is -2.28. The van der Waals surface area contributed by atoms with Gasteiger partial charge in [-0.3, -0.25) is 4.90 Å². The minimum atomic E-state index is -0.0798. The molecular formula is C11H15N3O2. The zero-order chi connectivity index (χ0) is 11.4. The normalized spacial score (nSPS) is 15.1. The molecule has 1 aliphatic heterocycles. The van der Waals surface area contributed by atoms with E-state index in [1.165, 1.54) is 0 Å². The van der Waals surface area contributed by atoms with Crippen molar-refractivity contribution in [3.05, 3.63) is 24.3 Å². The number of nitrogens with two attached hydrogens (primary N) is 1. The van der Waals surface area contributed by atoms with E-state index >= 15 is 0 Å². The van der Waals surface area contributed by atoms with Crippen LogP contribution in [0.2, 0.25) is 0 Å². The summed E-state index contributed by atoms with van der Waals surface area (Å²) in [6.07, 6.45) is 0. The molecule has 1 aromatic carbocycles. The summed E-state index contributed by atoms with van der Waals surface area (Å²) in [4.78, 5) is 13.2. The summed E-state index contributed by atoms with van der Waals surface area (Å²) in [6, 6.07) is 7.40. The van der Waals surface area contributed by atoms with E-state index in [9.17, 15) is 4.79 Å². The average molecular weight is 221 g/mol. The predicted molar refractivity (Wildman–Crippen MR) is 61.7 cm³/mol. The first-order valence-electron chi connectivity index (χ1n) is 5.30. The van der Waals surface area contributed by atoms with Crippen LogP contribution in [0.5, 0.6) is 5.75 Å². The molecule has 16 heavy (non-hydrogen) atoms. The number of nitrogens with one attached hydrogen (secondary N) is 1. The fourth-order valence-electron chi connectivity index (χ4n) is 1.67. The molecule has 2 rings (SSSR count). The third-order valence-electron chi connectivity index (χ3n) is 2.39. The van der Waals surface area contributed by atoms with Gasteiger partial charge in [-0.15, -0.1) is 0 Å². The van der Waals surface area contributed by atoms with Crippen LogP contribution in [0.3, 0.4) is 0 Å². The maximum absolute atomic E-state index is 11.5. The number of hydrogen-bond acceptors (Lipinski definition) is 3. The van der Waals surface area contributed by atoms with Gasteiger partial charge < -0.3 is 15.8 Å². The maximum Gasteiger partial charge on any atom is 0.322 e. The number of urea groups is 1. The van der Waals surface area contributed by atoms with Gasteiger partial charge in [-0.05, 0) is 12.1 Å². The minimum absolute atomic E-state index is 0.0798. The first-order valence-corrected chi connectivity index (χ1v) is 5.30. The highest BCUT2D eigenvalue weighted by molar-refractivity contribution is 5.95. The van der Waals surface area contributed by atoms with Gasteiger partial charge >= 0.3 is 6.03 Å². The molecule has 0 spiro atoms. The second-order valence-electron chi connectivity index (χ2n) is 3.49. The lowest BCUT2D eigenvalue weighted by atomic mass is 10.2. The highest BCUT2D eigenvalue weighted by atomic mass is 16.5. The molecular weight excluding hydrogens is 206 g/mol. The molecule has 0 aliphatic carbocycles. The highest BCUT2D eigenvalue weighted by Crippen LogP contribution is 2.28. The van der Waals surface area contributed by atoms with E-state index in [2.05, 4.69) is 5.32 Å². The summed E-state index contributed by atoms with van der Waals surface area (Å²) in [7, 11) is 0. The molecule has 0 radical (unpaired) electrons. The summed E-state index contributed by atoms with van der Waals surface area (Å²) in [5.41, 5.74) is 6.19. The number of carbonyl (C=O) groups is 1. The number of hydrogen-bond donors (Lipinski definition) is 2. The van der Waals surface area contributed by atoms with Crippen molar-refractivity contribution in [1.29, 1.82) is 0 Å². The Morgan fingerprint density at radius 2 is 2.25 bits per heavy atom. The van der Waals surface area contributed by atoms with Crippen molar-refractivity contribution in [2.24, 2.45) is 5.73 Å². The number of benzene rings is 1. The van der Waals surface area contributed by atoms with Crippen LogP contribution in [-0.4, -0.2) is 32.3 Å². The van der Waals surface area contributed by atoms with Gasteiger partial charge in [0.25, 0.3) is 0 Å². The van der Waals surface area contributed by atoms with Gasteiger partial charge in [-0.1, -0.05) is 12.1 Å². The van der Waals surface area contributed by atoms with Gasteiger partial charge in [0.2, 0.25) is 0 Å². The van der Waals surface area contributed by atoms with Crippen molar-refractivity contribution in [1.82, 2.24) is 5.32 Å². The molecule has 0 bridgehead atoms. The Balaban J connectivity index is 2.21. The fourth-order valence-corrected chi connectivity index (χ4v) is 1.67. The van der Waals surface area contributed by atoms with Crippen molar-refractivity contribution in [3.63, 3.8) is 0 Å². The van der Waals surface area contributed by atoms with E-state index in [-0.39, 0.29) is 6.03 Å². The number of para-hydroxylation sites is 2. The van der Waals surface area contributed by atoms with Gasteiger partial charge in [0, 0.05) is 19.6 Å². The molecule has 2 amide bonds. The van der Waals surface area contributed by atoms with Crippen molar-refractivity contribution in [2.75, 3.05) is 31.1 Å². The Morgan fingerprint density at radius 3 is 2.94 bits per heavy atom. The van der Waals surface area contributed by atoms with Crippen LogP contribution < -0.4 is 20.7 Å². The van der Waals surface area contributed by atoms with Crippen LogP contribution in [-0.2, 0) is 0 Å². The van der Waals surface area contributed by atoms with Crippen LogP contribution in [0.15, 0.2) is 24.3 Å². The number of amides is 2. The smallest absolute Gasteiger partial charge is 0.322 e. The monoisotopic (exact) mass is 221 g/mol. The van der Waals surface area contributed by atoms with Crippen LogP contribution in [0, 0.1) is 0 Å². The third kappa shape index (κ3) is 2.09. The summed E-state index contributed by atoms with van der Waals surface area (Å²) >= 11 is 0. The SMILES string of the molecule is NCCOc1ccccc1N1CCNC1=O. The summed E-state index contributed by atoms with van der Waals surface area (Å²) in [5, 5.41) is 2.76. The Kier molecular flexibility index (Phi) is 3.26. The molecule has 0 aromatic heterocycles. The third-order valence-corrected chi connectivity index (χ3v) is 2.39. The molecule has 1 saturated heterocycles. The fraction of sp³-hybridized carbons (Fsp3) is 0.364. The lowest BCUT2D eigenvalue weighted by molar-refractivity contribution is 0.251. The zero-order valence-corrected chi connectivity index (χ0v) is 8.98. The number of rotatable bonds is 4. The van der Waals surface area contributed by atoms with Gasteiger partial charge in [0.05, 0.1) is 5.69 Å². The molecule has 3 N–H and O–H groups in total. The van der Waals surface area contributed by atoms with Crippen molar-refractivity contribution < 1.29 is 9.53 Å². The quantitative estimate of drug-likeness (QED) is 0.780. The number of anilines is 1. The van der Waals surface area contributed by atoms with Gasteiger partial charge in [-0.25, -0.2) is 4.79 Å². The van der Waals surface area contributed by atoms with Crippen molar-refractivity contribution in [3.8, 4) is 5.75 Å². The maximum atomic E-state index is 11.5. The lowest BCUT2D eigenvalue weighted by Gasteiger charge is -2.18. The van der Waals surface area contributed by atoms with E-state index in [1.54, 1.807) is 4.90 Å². The van der Waals surface area contributed by atoms with Gasteiger partial charge in [0.15, 0.2) is 0 Å². The van der Waals surface area contributed by atoms with Crippen molar-refractivity contribution in [2.45, 2.75) is 0 Å². The van der Waals surface area contributed by atoms with E-state index in [1.807, 2.05) is 24.3 Å². The molecule has 1 aliphatic rings. The molecule has 0 atom stereocenters. The molecule has 0 saturated carbocycles. The highest BCUT2D eigenvalue weighted by Gasteiger charge is 2.23. The second-order valence-corrected chi connectivity index (χ2v) is 3.49.